The van der Waals surface area contributed by atoms with Crippen LogP contribution in [0.25, 0.3) is 0 Å². The Labute approximate surface area is 102 Å². The van der Waals surface area contributed by atoms with E-state index >= 15 is 0 Å². The number of esters is 1. The van der Waals surface area contributed by atoms with Gasteiger partial charge in [0.05, 0.1) is 13.0 Å². The zero-order valence-electron chi connectivity index (χ0n) is 8.87. The zero-order valence-corrected chi connectivity index (χ0v) is 10.5. The summed E-state index contributed by atoms with van der Waals surface area (Å²) in [6.07, 6.45) is -0.0214. The molecule has 0 fully saturated rings. The van der Waals surface area contributed by atoms with Crippen molar-refractivity contribution in [2.45, 2.75) is 19.4 Å². The summed E-state index contributed by atoms with van der Waals surface area (Å²) in [4.78, 5) is 11.2. The van der Waals surface area contributed by atoms with Crippen molar-refractivity contribution in [2.24, 2.45) is 5.73 Å². The second kappa shape index (κ2) is 5.96. The van der Waals surface area contributed by atoms with Crippen LogP contribution in [0.15, 0.2) is 22.7 Å². The Morgan fingerprint density at radius 2 is 2.31 bits per heavy atom. The molecule has 0 aliphatic rings. The smallest absolute Gasteiger partial charge is 0.307 e. The maximum absolute atomic E-state index is 13.5. The average molecular weight is 290 g/mol. The third-order valence-electron chi connectivity index (χ3n) is 2.05. The second-order valence-electron chi connectivity index (χ2n) is 3.28. The molecule has 0 aliphatic carbocycles. The van der Waals surface area contributed by atoms with E-state index in [-0.39, 0.29) is 6.42 Å². The minimum atomic E-state index is -0.674. The van der Waals surface area contributed by atoms with Crippen LogP contribution in [0.1, 0.15) is 24.9 Å². The summed E-state index contributed by atoms with van der Waals surface area (Å²) >= 11 is 3.15. The maximum atomic E-state index is 13.5. The summed E-state index contributed by atoms with van der Waals surface area (Å²) in [5.74, 6) is -0.844. The first kappa shape index (κ1) is 13.1. The number of hydrogen-bond donors (Lipinski definition) is 1. The minimum absolute atomic E-state index is 0.0214. The number of benzene rings is 1. The van der Waals surface area contributed by atoms with Gasteiger partial charge in [0.2, 0.25) is 0 Å². The summed E-state index contributed by atoms with van der Waals surface area (Å²) in [5.41, 5.74) is 6.04. The molecule has 88 valence electrons. The van der Waals surface area contributed by atoms with Gasteiger partial charge in [-0.05, 0) is 19.1 Å². The van der Waals surface area contributed by atoms with Crippen molar-refractivity contribution < 1.29 is 13.9 Å². The number of rotatable bonds is 4. The van der Waals surface area contributed by atoms with Crippen molar-refractivity contribution in [3.8, 4) is 0 Å². The van der Waals surface area contributed by atoms with E-state index in [1.807, 2.05) is 0 Å². The summed E-state index contributed by atoms with van der Waals surface area (Å²) in [5, 5.41) is 0. The normalized spacial score (nSPS) is 12.2. The molecule has 0 aliphatic heterocycles. The molecule has 16 heavy (non-hydrogen) atoms. The monoisotopic (exact) mass is 289 g/mol. The molecule has 0 saturated heterocycles. The largest absolute Gasteiger partial charge is 0.466 e. The predicted octanol–water partition coefficient (Wildman–Crippen LogP) is 2.54. The van der Waals surface area contributed by atoms with Crippen LogP contribution in [0.2, 0.25) is 0 Å². The quantitative estimate of drug-likeness (QED) is 0.867. The van der Waals surface area contributed by atoms with Gasteiger partial charge in [-0.1, -0.05) is 22.0 Å². The number of carbonyl (C=O) groups excluding carboxylic acids is 1. The Kier molecular flexibility index (Phi) is 4.89. The fraction of sp³-hybridized carbons (Fsp3) is 0.364. The van der Waals surface area contributed by atoms with Gasteiger partial charge in [-0.3, -0.25) is 4.79 Å². The summed E-state index contributed by atoms with van der Waals surface area (Å²) in [7, 11) is 0. The summed E-state index contributed by atoms with van der Waals surface area (Å²) < 4.78 is 18.9. The maximum Gasteiger partial charge on any atom is 0.307 e. The number of halogens is 2. The van der Waals surface area contributed by atoms with Gasteiger partial charge in [0, 0.05) is 16.1 Å². The first-order chi connectivity index (χ1) is 7.54. The number of carbonyl (C=O) groups is 1. The fourth-order valence-electron chi connectivity index (χ4n) is 1.31. The van der Waals surface area contributed by atoms with E-state index in [4.69, 9.17) is 10.5 Å². The van der Waals surface area contributed by atoms with Gasteiger partial charge in [-0.15, -0.1) is 0 Å². The van der Waals surface area contributed by atoms with Crippen LogP contribution in [0, 0.1) is 5.82 Å². The average Bonchev–Trinajstić information content (AvgIpc) is 2.17. The van der Waals surface area contributed by atoms with Crippen LogP contribution in [0.4, 0.5) is 4.39 Å². The molecule has 1 rings (SSSR count). The Balaban J connectivity index is 2.72. The van der Waals surface area contributed by atoms with E-state index in [0.717, 1.165) is 0 Å². The number of hydrogen-bond acceptors (Lipinski definition) is 3. The van der Waals surface area contributed by atoms with E-state index in [0.29, 0.717) is 16.6 Å². The highest BCUT2D eigenvalue weighted by atomic mass is 79.9. The summed E-state index contributed by atoms with van der Waals surface area (Å²) in [6.45, 7) is 2.01. The van der Waals surface area contributed by atoms with Gasteiger partial charge in [-0.25, -0.2) is 4.39 Å². The van der Waals surface area contributed by atoms with Crippen molar-refractivity contribution in [2.75, 3.05) is 6.61 Å². The lowest BCUT2D eigenvalue weighted by molar-refractivity contribution is -0.143. The third kappa shape index (κ3) is 3.57. The number of nitrogens with two attached hydrogens (primary N) is 1. The Bertz CT molecular complexity index is 384. The van der Waals surface area contributed by atoms with Crippen LogP contribution in [-0.2, 0) is 9.53 Å². The topological polar surface area (TPSA) is 52.3 Å². The van der Waals surface area contributed by atoms with E-state index in [2.05, 4.69) is 15.9 Å². The molecule has 0 heterocycles. The minimum Gasteiger partial charge on any atom is -0.466 e. The van der Waals surface area contributed by atoms with Crippen molar-refractivity contribution in [3.63, 3.8) is 0 Å². The van der Waals surface area contributed by atoms with E-state index in [1.165, 1.54) is 6.07 Å². The predicted molar refractivity (Wildman–Crippen MR) is 62.3 cm³/mol. The van der Waals surface area contributed by atoms with Crippen molar-refractivity contribution >= 4 is 21.9 Å². The van der Waals surface area contributed by atoms with E-state index in [9.17, 15) is 9.18 Å². The molecule has 0 bridgehead atoms. The Morgan fingerprint density at radius 1 is 1.62 bits per heavy atom. The van der Waals surface area contributed by atoms with E-state index in [1.54, 1.807) is 19.1 Å². The molecular formula is C11H13BrFNO2. The van der Waals surface area contributed by atoms with Crippen LogP contribution >= 0.6 is 15.9 Å². The highest BCUT2D eigenvalue weighted by molar-refractivity contribution is 9.10. The zero-order chi connectivity index (χ0) is 12.1. The lowest BCUT2D eigenvalue weighted by Crippen LogP contribution is -2.18. The standard InChI is InChI=1S/C11H13BrFNO2/c1-2-16-11(15)6-10(14)8-4-3-7(12)5-9(8)13/h3-5,10H,2,6,14H2,1H3. The number of ether oxygens (including phenoxy) is 1. The van der Waals surface area contributed by atoms with Gasteiger partial charge in [-0.2, -0.15) is 0 Å². The van der Waals surface area contributed by atoms with Crippen molar-refractivity contribution in [3.05, 3.63) is 34.1 Å². The molecule has 1 atom stereocenters. The third-order valence-corrected chi connectivity index (χ3v) is 2.55. The summed E-state index contributed by atoms with van der Waals surface area (Å²) in [6, 6.07) is 3.89. The first-order valence-electron chi connectivity index (χ1n) is 4.90. The molecule has 1 unspecified atom stereocenters. The molecule has 3 nitrogen and oxygen atoms in total. The fourth-order valence-corrected chi connectivity index (χ4v) is 1.64. The van der Waals surface area contributed by atoms with Crippen LogP contribution in [0.5, 0.6) is 0 Å². The second-order valence-corrected chi connectivity index (χ2v) is 4.20. The van der Waals surface area contributed by atoms with E-state index < -0.39 is 17.8 Å². The van der Waals surface area contributed by atoms with Crippen LogP contribution < -0.4 is 5.73 Å². The van der Waals surface area contributed by atoms with Gasteiger partial charge in [0.25, 0.3) is 0 Å². The lowest BCUT2D eigenvalue weighted by Gasteiger charge is -2.12. The molecule has 1 aromatic carbocycles. The molecule has 2 N–H and O–H groups in total. The molecule has 5 heteroatoms. The molecule has 1 aromatic rings. The molecule has 0 aromatic heterocycles. The van der Waals surface area contributed by atoms with Crippen molar-refractivity contribution in [1.29, 1.82) is 0 Å². The molecule has 0 saturated carbocycles. The Morgan fingerprint density at radius 3 is 2.88 bits per heavy atom. The first-order valence-corrected chi connectivity index (χ1v) is 5.70. The van der Waals surface area contributed by atoms with Crippen LogP contribution in [-0.4, -0.2) is 12.6 Å². The molecular weight excluding hydrogens is 277 g/mol. The Hall–Kier alpha value is -0.940. The van der Waals surface area contributed by atoms with Gasteiger partial charge in [0.1, 0.15) is 5.82 Å². The SMILES string of the molecule is CCOC(=O)CC(N)c1ccc(Br)cc1F. The van der Waals surface area contributed by atoms with Crippen molar-refractivity contribution in [1.82, 2.24) is 0 Å². The van der Waals surface area contributed by atoms with Gasteiger partial charge in [0.15, 0.2) is 0 Å². The molecule has 0 spiro atoms. The van der Waals surface area contributed by atoms with Gasteiger partial charge >= 0.3 is 5.97 Å². The lowest BCUT2D eigenvalue weighted by atomic mass is 10.0. The van der Waals surface area contributed by atoms with Gasteiger partial charge < -0.3 is 10.5 Å². The highest BCUT2D eigenvalue weighted by Gasteiger charge is 2.16. The highest BCUT2D eigenvalue weighted by Crippen LogP contribution is 2.21. The molecule has 0 radical (unpaired) electrons. The molecule has 0 amide bonds. The van der Waals surface area contributed by atoms with Crippen LogP contribution in [0.3, 0.4) is 0 Å².